The molecule has 1 aromatic heterocycles. The van der Waals surface area contributed by atoms with Gasteiger partial charge in [0.05, 0.1) is 6.54 Å². The van der Waals surface area contributed by atoms with Gasteiger partial charge in [0.2, 0.25) is 5.91 Å². The van der Waals surface area contributed by atoms with E-state index in [4.69, 9.17) is 0 Å². The zero-order valence-electron chi connectivity index (χ0n) is 11.9. The number of fused-ring (bicyclic) bond motifs is 1. The molecule has 0 atom stereocenters. The number of nitrogens with zero attached hydrogens (tertiary/aromatic N) is 3. The molecule has 1 aromatic rings. The molecular formula is C14H23N5O. The molecule has 6 heteroatoms. The van der Waals surface area contributed by atoms with E-state index < -0.39 is 0 Å². The van der Waals surface area contributed by atoms with Crippen LogP contribution in [0.3, 0.4) is 0 Å². The van der Waals surface area contributed by atoms with Crippen molar-refractivity contribution in [2.75, 3.05) is 6.54 Å². The smallest absolute Gasteiger partial charge is 0.220 e. The predicted molar refractivity (Wildman–Crippen MR) is 75.1 cm³/mol. The molecule has 1 aliphatic heterocycles. The normalized spacial score (nSPS) is 17.8. The Morgan fingerprint density at radius 3 is 3.05 bits per heavy atom. The van der Waals surface area contributed by atoms with Crippen molar-refractivity contribution in [3.8, 4) is 0 Å². The number of aryl methyl sites for hydroxylation is 1. The molecule has 0 spiro atoms. The Bertz CT molecular complexity index is 466. The first-order chi connectivity index (χ1) is 9.83. The maximum atomic E-state index is 11.5. The van der Waals surface area contributed by atoms with Crippen LogP contribution in [0, 0.1) is 0 Å². The molecule has 110 valence electrons. The molecule has 1 saturated carbocycles. The minimum Gasteiger partial charge on any atom is -0.353 e. The van der Waals surface area contributed by atoms with Crippen LogP contribution in [-0.4, -0.2) is 33.3 Å². The zero-order valence-corrected chi connectivity index (χ0v) is 11.9. The van der Waals surface area contributed by atoms with Gasteiger partial charge in [-0.2, -0.15) is 0 Å². The Balaban J connectivity index is 1.33. The molecule has 1 fully saturated rings. The van der Waals surface area contributed by atoms with Gasteiger partial charge in [0.25, 0.3) is 0 Å². The lowest BCUT2D eigenvalue weighted by Crippen LogP contribution is -2.26. The molecule has 20 heavy (non-hydrogen) atoms. The zero-order chi connectivity index (χ0) is 13.8. The Morgan fingerprint density at radius 1 is 1.30 bits per heavy atom. The molecule has 0 bridgehead atoms. The highest BCUT2D eigenvalue weighted by Crippen LogP contribution is 2.18. The first kappa shape index (κ1) is 13.5. The summed E-state index contributed by atoms with van der Waals surface area (Å²) in [5.74, 6) is 2.34. The van der Waals surface area contributed by atoms with Crippen molar-refractivity contribution in [2.45, 2.75) is 64.1 Å². The molecule has 0 unspecified atom stereocenters. The van der Waals surface area contributed by atoms with Crippen molar-refractivity contribution in [3.05, 3.63) is 11.6 Å². The van der Waals surface area contributed by atoms with E-state index in [1.807, 2.05) is 0 Å². The summed E-state index contributed by atoms with van der Waals surface area (Å²) in [5, 5.41) is 14.8. The van der Waals surface area contributed by atoms with Crippen molar-refractivity contribution in [1.82, 2.24) is 25.4 Å². The molecule has 2 heterocycles. The maximum absolute atomic E-state index is 11.5. The summed E-state index contributed by atoms with van der Waals surface area (Å²) in [7, 11) is 0. The van der Waals surface area contributed by atoms with E-state index in [0.717, 1.165) is 57.0 Å². The third-order valence-electron chi connectivity index (χ3n) is 3.92. The second-order valence-corrected chi connectivity index (χ2v) is 5.76. The number of carbonyl (C=O) groups excluding carboxylic acids is 1. The SMILES string of the molecule is O=C(CCCNCc1nnc2n1CCCC2)NC1CC1. The van der Waals surface area contributed by atoms with Crippen LogP contribution in [0.5, 0.6) is 0 Å². The van der Waals surface area contributed by atoms with Gasteiger partial charge >= 0.3 is 0 Å². The van der Waals surface area contributed by atoms with Crippen LogP contribution in [0.2, 0.25) is 0 Å². The third-order valence-corrected chi connectivity index (χ3v) is 3.92. The average Bonchev–Trinajstić information content (AvgIpc) is 3.17. The van der Waals surface area contributed by atoms with Crippen LogP contribution >= 0.6 is 0 Å². The van der Waals surface area contributed by atoms with Gasteiger partial charge in [0.15, 0.2) is 0 Å². The molecule has 0 saturated heterocycles. The van der Waals surface area contributed by atoms with Gasteiger partial charge in [-0.25, -0.2) is 0 Å². The first-order valence-corrected chi connectivity index (χ1v) is 7.74. The fourth-order valence-electron chi connectivity index (χ4n) is 2.60. The first-order valence-electron chi connectivity index (χ1n) is 7.74. The van der Waals surface area contributed by atoms with Crippen molar-refractivity contribution in [3.63, 3.8) is 0 Å². The standard InChI is InChI=1S/C14H23N5O/c20-14(16-11-6-7-11)5-3-8-15-10-13-18-17-12-4-1-2-9-19(12)13/h11,15H,1-10H2,(H,16,20). The van der Waals surface area contributed by atoms with Gasteiger partial charge in [-0.15, -0.1) is 10.2 Å². The number of rotatable bonds is 7. The molecule has 0 radical (unpaired) electrons. The van der Waals surface area contributed by atoms with Crippen LogP contribution < -0.4 is 10.6 Å². The minimum atomic E-state index is 0.189. The van der Waals surface area contributed by atoms with Crippen LogP contribution in [0.15, 0.2) is 0 Å². The Labute approximate surface area is 119 Å². The topological polar surface area (TPSA) is 71.8 Å². The lowest BCUT2D eigenvalue weighted by molar-refractivity contribution is -0.121. The molecule has 1 amide bonds. The lowest BCUT2D eigenvalue weighted by Gasteiger charge is -2.14. The fourth-order valence-corrected chi connectivity index (χ4v) is 2.60. The van der Waals surface area contributed by atoms with Crippen LogP contribution in [0.1, 0.15) is 50.2 Å². The maximum Gasteiger partial charge on any atom is 0.220 e. The summed E-state index contributed by atoms with van der Waals surface area (Å²) in [5.41, 5.74) is 0. The monoisotopic (exact) mass is 277 g/mol. The summed E-state index contributed by atoms with van der Waals surface area (Å²) < 4.78 is 2.23. The fraction of sp³-hybridized carbons (Fsp3) is 0.786. The predicted octanol–water partition coefficient (Wildman–Crippen LogP) is 0.763. The van der Waals surface area contributed by atoms with E-state index in [1.165, 1.54) is 12.8 Å². The minimum absolute atomic E-state index is 0.189. The van der Waals surface area contributed by atoms with Gasteiger partial charge in [-0.3, -0.25) is 4.79 Å². The van der Waals surface area contributed by atoms with Gasteiger partial charge in [-0.05, 0) is 38.6 Å². The Morgan fingerprint density at radius 2 is 2.20 bits per heavy atom. The van der Waals surface area contributed by atoms with Crippen molar-refractivity contribution < 1.29 is 4.79 Å². The van der Waals surface area contributed by atoms with E-state index in [-0.39, 0.29) is 5.91 Å². The number of nitrogens with one attached hydrogen (secondary N) is 2. The third kappa shape index (κ3) is 3.56. The van der Waals surface area contributed by atoms with Crippen molar-refractivity contribution in [1.29, 1.82) is 0 Å². The van der Waals surface area contributed by atoms with Crippen LogP contribution in [0.25, 0.3) is 0 Å². The summed E-state index contributed by atoms with van der Waals surface area (Å²) in [6, 6.07) is 0.470. The number of hydrogen-bond donors (Lipinski definition) is 2. The van der Waals surface area contributed by atoms with E-state index in [0.29, 0.717) is 12.5 Å². The van der Waals surface area contributed by atoms with E-state index in [2.05, 4.69) is 25.4 Å². The highest BCUT2D eigenvalue weighted by molar-refractivity contribution is 5.76. The summed E-state index contributed by atoms with van der Waals surface area (Å²) in [6.07, 6.45) is 7.29. The van der Waals surface area contributed by atoms with Gasteiger partial charge in [-0.1, -0.05) is 0 Å². The van der Waals surface area contributed by atoms with E-state index in [9.17, 15) is 4.79 Å². The quantitative estimate of drug-likeness (QED) is 0.722. The number of carbonyl (C=O) groups is 1. The Hall–Kier alpha value is -1.43. The van der Waals surface area contributed by atoms with E-state index in [1.54, 1.807) is 0 Å². The molecule has 0 aromatic carbocycles. The largest absolute Gasteiger partial charge is 0.353 e. The average molecular weight is 277 g/mol. The number of amides is 1. The van der Waals surface area contributed by atoms with Gasteiger partial charge in [0, 0.05) is 25.4 Å². The van der Waals surface area contributed by atoms with Crippen LogP contribution in [0.4, 0.5) is 0 Å². The summed E-state index contributed by atoms with van der Waals surface area (Å²) in [4.78, 5) is 11.5. The summed E-state index contributed by atoms with van der Waals surface area (Å²) in [6.45, 7) is 2.64. The lowest BCUT2D eigenvalue weighted by atomic mass is 10.2. The van der Waals surface area contributed by atoms with Gasteiger partial charge in [0.1, 0.15) is 11.6 Å². The van der Waals surface area contributed by atoms with Crippen molar-refractivity contribution in [2.24, 2.45) is 0 Å². The highest BCUT2D eigenvalue weighted by atomic mass is 16.1. The molecule has 2 aliphatic rings. The molecular weight excluding hydrogens is 254 g/mol. The Kier molecular flexibility index (Phi) is 4.30. The van der Waals surface area contributed by atoms with Crippen molar-refractivity contribution >= 4 is 5.91 Å². The molecule has 2 N–H and O–H groups in total. The van der Waals surface area contributed by atoms with Crippen LogP contribution in [-0.2, 0) is 24.3 Å². The summed E-state index contributed by atoms with van der Waals surface area (Å²) >= 11 is 0. The number of aromatic nitrogens is 3. The van der Waals surface area contributed by atoms with Gasteiger partial charge < -0.3 is 15.2 Å². The highest BCUT2D eigenvalue weighted by Gasteiger charge is 2.22. The van der Waals surface area contributed by atoms with E-state index >= 15 is 0 Å². The second-order valence-electron chi connectivity index (χ2n) is 5.76. The molecule has 1 aliphatic carbocycles. The number of hydrogen-bond acceptors (Lipinski definition) is 4. The molecule has 6 nitrogen and oxygen atoms in total. The second kappa shape index (κ2) is 6.35. The molecule has 3 rings (SSSR count).